The van der Waals surface area contributed by atoms with Crippen molar-refractivity contribution in [3.05, 3.63) is 96.5 Å². The van der Waals surface area contributed by atoms with Crippen molar-refractivity contribution in [2.75, 3.05) is 7.11 Å². The van der Waals surface area contributed by atoms with Gasteiger partial charge < -0.3 is 19.2 Å². The number of hydrogen-bond acceptors (Lipinski definition) is 5. The van der Waals surface area contributed by atoms with Crippen LogP contribution in [0.2, 0.25) is 0 Å². The van der Waals surface area contributed by atoms with Crippen LogP contribution in [-0.2, 0) is 17.8 Å². The lowest BCUT2D eigenvalue weighted by atomic mass is 10.2. The highest BCUT2D eigenvalue weighted by molar-refractivity contribution is 5.76. The molecular weight excluding hydrogens is 404 g/mol. The van der Waals surface area contributed by atoms with Crippen LogP contribution in [0.3, 0.4) is 0 Å². The number of aromatic nitrogens is 1. The summed E-state index contributed by atoms with van der Waals surface area (Å²) in [5.41, 5.74) is 1.95. The lowest BCUT2D eigenvalue weighted by molar-refractivity contribution is -0.121. The van der Waals surface area contributed by atoms with E-state index < -0.39 is 0 Å². The number of para-hydroxylation sites is 2. The maximum Gasteiger partial charge on any atom is 0.220 e. The first-order valence-electron chi connectivity index (χ1n) is 10.4. The van der Waals surface area contributed by atoms with Crippen molar-refractivity contribution >= 4 is 5.91 Å². The number of amides is 1. The van der Waals surface area contributed by atoms with Gasteiger partial charge in [-0.3, -0.25) is 4.79 Å². The Labute approximate surface area is 186 Å². The van der Waals surface area contributed by atoms with Crippen molar-refractivity contribution in [3.8, 4) is 28.6 Å². The quantitative estimate of drug-likeness (QED) is 0.387. The predicted octanol–water partition coefficient (Wildman–Crippen LogP) is 5.39. The molecule has 0 aliphatic heterocycles. The van der Waals surface area contributed by atoms with E-state index in [0.29, 0.717) is 48.3 Å². The van der Waals surface area contributed by atoms with Gasteiger partial charge in [0.1, 0.15) is 5.75 Å². The standard InChI is InChI=1S/C26H24N2O4/c1-30-22-9-5-6-10-23(22)31-21-13-11-19(12-14-21)17-27-25(29)15-16-26-28-18-24(32-26)20-7-3-2-4-8-20/h2-14,18H,15-17H2,1H3,(H,27,29). The number of nitrogens with one attached hydrogen (secondary N) is 1. The molecule has 0 atom stereocenters. The fraction of sp³-hybridized carbons (Fsp3) is 0.154. The smallest absolute Gasteiger partial charge is 0.220 e. The van der Waals surface area contributed by atoms with Crippen LogP contribution >= 0.6 is 0 Å². The van der Waals surface area contributed by atoms with Gasteiger partial charge in [0.05, 0.1) is 13.3 Å². The Morgan fingerprint density at radius 2 is 1.66 bits per heavy atom. The zero-order chi connectivity index (χ0) is 22.2. The number of rotatable bonds is 9. The second-order valence-electron chi connectivity index (χ2n) is 7.16. The van der Waals surface area contributed by atoms with Crippen molar-refractivity contribution in [1.82, 2.24) is 10.3 Å². The van der Waals surface area contributed by atoms with Crippen molar-refractivity contribution in [2.45, 2.75) is 19.4 Å². The Morgan fingerprint density at radius 1 is 0.938 bits per heavy atom. The van der Waals surface area contributed by atoms with Crippen LogP contribution in [0.15, 0.2) is 89.5 Å². The summed E-state index contributed by atoms with van der Waals surface area (Å²) in [5.74, 6) is 3.22. The van der Waals surface area contributed by atoms with Gasteiger partial charge in [0.15, 0.2) is 23.1 Å². The molecule has 6 nitrogen and oxygen atoms in total. The number of hydrogen-bond donors (Lipinski definition) is 1. The van der Waals surface area contributed by atoms with Crippen LogP contribution in [0.1, 0.15) is 17.9 Å². The molecule has 1 amide bonds. The normalized spacial score (nSPS) is 10.5. The zero-order valence-electron chi connectivity index (χ0n) is 17.8. The van der Waals surface area contributed by atoms with Crippen LogP contribution in [0, 0.1) is 0 Å². The first-order valence-corrected chi connectivity index (χ1v) is 10.4. The largest absolute Gasteiger partial charge is 0.493 e. The van der Waals surface area contributed by atoms with Crippen molar-refractivity contribution < 1.29 is 18.7 Å². The summed E-state index contributed by atoms with van der Waals surface area (Å²) in [6.45, 7) is 0.439. The molecule has 3 aromatic carbocycles. The molecule has 0 radical (unpaired) electrons. The summed E-state index contributed by atoms with van der Waals surface area (Å²) < 4.78 is 16.9. The van der Waals surface area contributed by atoms with Crippen LogP contribution < -0.4 is 14.8 Å². The molecule has 0 spiro atoms. The number of methoxy groups -OCH3 is 1. The van der Waals surface area contributed by atoms with Crippen molar-refractivity contribution in [3.63, 3.8) is 0 Å². The highest BCUT2D eigenvalue weighted by atomic mass is 16.5. The number of carbonyl (C=O) groups excluding carboxylic acids is 1. The summed E-state index contributed by atoms with van der Waals surface area (Å²) in [5, 5.41) is 2.93. The molecule has 0 bridgehead atoms. The number of aryl methyl sites for hydroxylation is 1. The lowest BCUT2D eigenvalue weighted by Crippen LogP contribution is -2.23. The van der Waals surface area contributed by atoms with Crippen LogP contribution in [0.4, 0.5) is 0 Å². The fourth-order valence-corrected chi connectivity index (χ4v) is 3.18. The molecule has 0 aliphatic carbocycles. The van der Waals surface area contributed by atoms with Crippen LogP contribution in [0.5, 0.6) is 17.2 Å². The third-order valence-electron chi connectivity index (χ3n) is 4.89. The molecule has 6 heteroatoms. The molecule has 4 aromatic rings. The van der Waals surface area contributed by atoms with Gasteiger partial charge in [-0.25, -0.2) is 4.98 Å². The van der Waals surface area contributed by atoms with E-state index in [4.69, 9.17) is 13.9 Å². The zero-order valence-corrected chi connectivity index (χ0v) is 17.8. The number of ether oxygens (including phenoxy) is 2. The van der Waals surface area contributed by atoms with Gasteiger partial charge in [0, 0.05) is 24.9 Å². The number of carbonyl (C=O) groups is 1. The van der Waals surface area contributed by atoms with Gasteiger partial charge in [0.2, 0.25) is 5.91 Å². The fourth-order valence-electron chi connectivity index (χ4n) is 3.18. The Morgan fingerprint density at radius 3 is 2.41 bits per heavy atom. The van der Waals surface area contributed by atoms with E-state index in [1.165, 1.54) is 0 Å². The summed E-state index contributed by atoms with van der Waals surface area (Å²) in [4.78, 5) is 16.5. The van der Waals surface area contributed by atoms with E-state index in [0.717, 1.165) is 11.1 Å². The topological polar surface area (TPSA) is 73.6 Å². The van der Waals surface area contributed by atoms with Gasteiger partial charge in [-0.2, -0.15) is 0 Å². The third-order valence-corrected chi connectivity index (χ3v) is 4.89. The van der Waals surface area contributed by atoms with Crippen LogP contribution in [-0.4, -0.2) is 18.0 Å². The molecule has 4 rings (SSSR count). The molecular formula is C26H24N2O4. The summed E-state index contributed by atoms with van der Waals surface area (Å²) in [6.07, 6.45) is 2.45. The molecule has 1 N–H and O–H groups in total. The average Bonchev–Trinajstić information content (AvgIpc) is 3.32. The van der Waals surface area contributed by atoms with Gasteiger partial charge in [0.25, 0.3) is 0 Å². The SMILES string of the molecule is COc1ccccc1Oc1ccc(CNC(=O)CCc2ncc(-c3ccccc3)o2)cc1. The van der Waals surface area contributed by atoms with Gasteiger partial charge in [-0.05, 0) is 29.8 Å². The summed E-state index contributed by atoms with van der Waals surface area (Å²) in [6, 6.07) is 24.8. The second-order valence-corrected chi connectivity index (χ2v) is 7.16. The Balaban J connectivity index is 1.24. The van der Waals surface area contributed by atoms with E-state index >= 15 is 0 Å². The van der Waals surface area contributed by atoms with Crippen LogP contribution in [0.25, 0.3) is 11.3 Å². The van der Waals surface area contributed by atoms with Gasteiger partial charge in [-0.1, -0.05) is 54.6 Å². The minimum absolute atomic E-state index is 0.0567. The highest BCUT2D eigenvalue weighted by Gasteiger charge is 2.09. The van der Waals surface area contributed by atoms with Crippen molar-refractivity contribution in [2.24, 2.45) is 0 Å². The van der Waals surface area contributed by atoms with E-state index in [9.17, 15) is 4.79 Å². The minimum atomic E-state index is -0.0567. The maximum absolute atomic E-state index is 12.2. The van der Waals surface area contributed by atoms with E-state index in [2.05, 4.69) is 10.3 Å². The summed E-state index contributed by atoms with van der Waals surface area (Å²) in [7, 11) is 1.61. The Bertz CT molecular complexity index is 1150. The minimum Gasteiger partial charge on any atom is -0.493 e. The predicted molar refractivity (Wildman–Crippen MR) is 122 cm³/mol. The summed E-state index contributed by atoms with van der Waals surface area (Å²) >= 11 is 0. The number of oxazole rings is 1. The maximum atomic E-state index is 12.2. The monoisotopic (exact) mass is 428 g/mol. The molecule has 0 saturated heterocycles. The lowest BCUT2D eigenvalue weighted by Gasteiger charge is -2.10. The van der Waals surface area contributed by atoms with Crippen molar-refractivity contribution in [1.29, 1.82) is 0 Å². The second kappa shape index (κ2) is 10.3. The van der Waals surface area contributed by atoms with E-state index in [1.807, 2.05) is 78.9 Å². The van der Waals surface area contributed by atoms with E-state index in [1.54, 1.807) is 13.3 Å². The Hall–Kier alpha value is -4.06. The Kier molecular flexibility index (Phi) is 6.82. The number of nitrogens with zero attached hydrogens (tertiary/aromatic N) is 1. The molecule has 0 saturated carbocycles. The molecule has 0 aliphatic rings. The third kappa shape index (κ3) is 5.55. The van der Waals surface area contributed by atoms with Gasteiger partial charge in [-0.15, -0.1) is 0 Å². The number of benzene rings is 3. The molecule has 162 valence electrons. The molecule has 32 heavy (non-hydrogen) atoms. The molecule has 1 aromatic heterocycles. The molecule has 0 fully saturated rings. The molecule has 0 unspecified atom stereocenters. The average molecular weight is 428 g/mol. The van der Waals surface area contributed by atoms with Gasteiger partial charge >= 0.3 is 0 Å². The first kappa shape index (κ1) is 21.2. The molecule has 1 heterocycles. The first-order chi connectivity index (χ1) is 15.7. The highest BCUT2D eigenvalue weighted by Crippen LogP contribution is 2.30. The van der Waals surface area contributed by atoms with E-state index in [-0.39, 0.29) is 5.91 Å².